The Morgan fingerprint density at radius 3 is 2.65 bits per heavy atom. The van der Waals surface area contributed by atoms with Crippen molar-refractivity contribution < 1.29 is 13.2 Å². The van der Waals surface area contributed by atoms with Gasteiger partial charge in [-0.15, -0.1) is 0 Å². The van der Waals surface area contributed by atoms with Crippen LogP contribution in [-0.2, 0) is 16.3 Å². The summed E-state index contributed by atoms with van der Waals surface area (Å²) in [6, 6.07) is 8.06. The predicted octanol–water partition coefficient (Wildman–Crippen LogP) is 1.48. The lowest BCUT2D eigenvalue weighted by atomic mass is 10.1. The Morgan fingerprint density at radius 2 is 1.96 bits per heavy atom. The van der Waals surface area contributed by atoms with E-state index < -0.39 is 9.84 Å². The highest BCUT2D eigenvalue weighted by molar-refractivity contribution is 7.91. The van der Waals surface area contributed by atoms with E-state index in [-0.39, 0.29) is 29.5 Å². The van der Waals surface area contributed by atoms with E-state index in [1.54, 1.807) is 0 Å². The van der Waals surface area contributed by atoms with Gasteiger partial charge < -0.3 is 10.2 Å². The molecule has 2 aliphatic heterocycles. The summed E-state index contributed by atoms with van der Waals surface area (Å²) in [6.07, 6.45) is 4.37. The maximum atomic E-state index is 12.3. The molecule has 1 saturated heterocycles. The largest absolute Gasteiger partial charge is 0.348 e. The number of sulfone groups is 1. The van der Waals surface area contributed by atoms with Crippen LogP contribution >= 0.6 is 0 Å². The molecule has 0 spiro atoms. The summed E-state index contributed by atoms with van der Waals surface area (Å²) in [5, 5.41) is 2.75. The monoisotopic (exact) mass is 372 g/mol. The highest BCUT2D eigenvalue weighted by Gasteiger charge is 2.30. The SMILES string of the molecule is CC1Cc2ccccc2N1c1ncc(C(=O)NC2CCS(=O)(=O)C2)cn1. The van der Waals surface area contributed by atoms with E-state index in [2.05, 4.69) is 33.2 Å². The van der Waals surface area contributed by atoms with Gasteiger partial charge in [0.1, 0.15) is 0 Å². The van der Waals surface area contributed by atoms with Crippen molar-refractivity contribution in [1.82, 2.24) is 15.3 Å². The fourth-order valence-electron chi connectivity index (χ4n) is 3.61. The van der Waals surface area contributed by atoms with Gasteiger partial charge in [-0.2, -0.15) is 0 Å². The molecule has 1 N–H and O–H groups in total. The van der Waals surface area contributed by atoms with Gasteiger partial charge in [0.25, 0.3) is 5.91 Å². The number of nitrogens with zero attached hydrogens (tertiary/aromatic N) is 3. The zero-order valence-electron chi connectivity index (χ0n) is 14.4. The first-order valence-corrected chi connectivity index (χ1v) is 10.5. The van der Waals surface area contributed by atoms with Crippen molar-refractivity contribution in [2.75, 3.05) is 16.4 Å². The molecule has 0 radical (unpaired) electrons. The molecule has 0 saturated carbocycles. The van der Waals surface area contributed by atoms with Gasteiger partial charge in [-0.25, -0.2) is 18.4 Å². The molecule has 1 aromatic carbocycles. The molecular formula is C18H20N4O3S. The van der Waals surface area contributed by atoms with E-state index in [1.165, 1.54) is 18.0 Å². The molecule has 2 aliphatic rings. The summed E-state index contributed by atoms with van der Waals surface area (Å²) < 4.78 is 23.0. The van der Waals surface area contributed by atoms with Crippen LogP contribution in [0.4, 0.5) is 11.6 Å². The van der Waals surface area contributed by atoms with Crippen molar-refractivity contribution in [3.05, 3.63) is 47.8 Å². The van der Waals surface area contributed by atoms with E-state index >= 15 is 0 Å². The molecular weight excluding hydrogens is 352 g/mol. The molecule has 136 valence electrons. The van der Waals surface area contributed by atoms with Crippen LogP contribution in [0, 0.1) is 0 Å². The summed E-state index contributed by atoms with van der Waals surface area (Å²) in [6.45, 7) is 2.12. The van der Waals surface area contributed by atoms with Gasteiger partial charge in [-0.1, -0.05) is 18.2 Å². The molecule has 1 fully saturated rings. The van der Waals surface area contributed by atoms with Crippen LogP contribution < -0.4 is 10.2 Å². The van der Waals surface area contributed by atoms with Gasteiger partial charge in [0, 0.05) is 30.2 Å². The van der Waals surface area contributed by atoms with Crippen LogP contribution in [0.5, 0.6) is 0 Å². The van der Waals surface area contributed by atoms with Gasteiger partial charge in [-0.05, 0) is 31.4 Å². The molecule has 8 heteroatoms. The molecule has 0 bridgehead atoms. The number of carbonyl (C=O) groups is 1. The number of amides is 1. The van der Waals surface area contributed by atoms with E-state index in [0.29, 0.717) is 17.9 Å². The first kappa shape index (κ1) is 17.0. The van der Waals surface area contributed by atoms with Gasteiger partial charge in [0.2, 0.25) is 5.95 Å². The Labute approximate surface area is 152 Å². The molecule has 2 unspecified atom stereocenters. The number of fused-ring (bicyclic) bond motifs is 1. The Morgan fingerprint density at radius 1 is 1.23 bits per heavy atom. The second-order valence-corrected chi connectivity index (χ2v) is 9.13. The van der Waals surface area contributed by atoms with Crippen molar-refractivity contribution in [2.45, 2.75) is 31.8 Å². The standard InChI is InChI=1S/C18H20N4O3S/c1-12-8-13-4-2-3-5-16(13)22(12)18-19-9-14(10-20-18)17(23)21-15-6-7-26(24,25)11-15/h2-5,9-10,12,15H,6-8,11H2,1H3,(H,21,23). The maximum absolute atomic E-state index is 12.3. The van der Waals surface area contributed by atoms with Gasteiger partial charge in [-0.3, -0.25) is 4.79 Å². The number of carbonyl (C=O) groups excluding carboxylic acids is 1. The topological polar surface area (TPSA) is 92.3 Å². The highest BCUT2D eigenvalue weighted by atomic mass is 32.2. The zero-order chi connectivity index (χ0) is 18.3. The third-order valence-electron chi connectivity index (χ3n) is 4.89. The van der Waals surface area contributed by atoms with E-state index in [9.17, 15) is 13.2 Å². The normalized spacial score (nSPS) is 23.7. The summed E-state index contributed by atoms with van der Waals surface area (Å²) in [4.78, 5) is 23.1. The van der Waals surface area contributed by atoms with Gasteiger partial charge in [0.15, 0.2) is 9.84 Å². The Balaban J connectivity index is 1.50. The number of para-hydroxylation sites is 1. The third kappa shape index (κ3) is 3.16. The lowest BCUT2D eigenvalue weighted by Crippen LogP contribution is -2.35. The summed E-state index contributed by atoms with van der Waals surface area (Å²) in [5.74, 6) is 0.343. The number of benzene rings is 1. The van der Waals surface area contributed by atoms with Crippen molar-refractivity contribution in [1.29, 1.82) is 0 Å². The second-order valence-electron chi connectivity index (χ2n) is 6.90. The van der Waals surface area contributed by atoms with Crippen LogP contribution in [0.2, 0.25) is 0 Å². The Kier molecular flexibility index (Phi) is 4.14. The smallest absolute Gasteiger partial charge is 0.254 e. The van der Waals surface area contributed by atoms with Crippen molar-refractivity contribution in [3.8, 4) is 0 Å². The number of nitrogens with one attached hydrogen (secondary N) is 1. The number of anilines is 2. The molecule has 26 heavy (non-hydrogen) atoms. The fraction of sp³-hybridized carbons (Fsp3) is 0.389. The first-order chi connectivity index (χ1) is 12.4. The average Bonchev–Trinajstić information content (AvgIpc) is 3.13. The number of aromatic nitrogens is 2. The predicted molar refractivity (Wildman–Crippen MR) is 98.3 cm³/mol. The van der Waals surface area contributed by atoms with Crippen LogP contribution in [0.15, 0.2) is 36.7 Å². The molecule has 4 rings (SSSR count). The number of rotatable bonds is 3. The molecule has 0 aliphatic carbocycles. The molecule has 1 amide bonds. The highest BCUT2D eigenvalue weighted by Crippen LogP contribution is 2.36. The number of hydrogen-bond donors (Lipinski definition) is 1. The minimum Gasteiger partial charge on any atom is -0.348 e. The molecule has 1 aromatic heterocycles. The quantitative estimate of drug-likeness (QED) is 0.877. The van der Waals surface area contributed by atoms with E-state index in [1.807, 2.05) is 18.2 Å². The first-order valence-electron chi connectivity index (χ1n) is 8.63. The van der Waals surface area contributed by atoms with Gasteiger partial charge in [0.05, 0.1) is 17.1 Å². The van der Waals surface area contributed by atoms with E-state index in [4.69, 9.17) is 0 Å². The summed E-state index contributed by atoms with van der Waals surface area (Å²) in [7, 11) is -3.03. The lowest BCUT2D eigenvalue weighted by molar-refractivity contribution is 0.0940. The average molecular weight is 372 g/mol. The lowest BCUT2D eigenvalue weighted by Gasteiger charge is -2.22. The Hall–Kier alpha value is -2.48. The molecule has 2 atom stereocenters. The zero-order valence-corrected chi connectivity index (χ0v) is 15.2. The van der Waals surface area contributed by atoms with Crippen molar-refractivity contribution >= 4 is 27.4 Å². The number of hydrogen-bond acceptors (Lipinski definition) is 6. The molecule has 7 nitrogen and oxygen atoms in total. The van der Waals surface area contributed by atoms with E-state index in [0.717, 1.165) is 12.1 Å². The van der Waals surface area contributed by atoms with Gasteiger partial charge >= 0.3 is 0 Å². The summed E-state index contributed by atoms with van der Waals surface area (Å²) in [5.41, 5.74) is 2.68. The fourth-order valence-corrected chi connectivity index (χ4v) is 5.28. The van der Waals surface area contributed by atoms with Crippen molar-refractivity contribution in [3.63, 3.8) is 0 Å². The third-order valence-corrected chi connectivity index (χ3v) is 6.66. The Bertz CT molecular complexity index is 943. The summed E-state index contributed by atoms with van der Waals surface area (Å²) >= 11 is 0. The minimum absolute atomic E-state index is 0.000241. The molecule has 3 heterocycles. The van der Waals surface area contributed by atoms with Crippen LogP contribution in [0.25, 0.3) is 0 Å². The van der Waals surface area contributed by atoms with Crippen LogP contribution in [0.3, 0.4) is 0 Å². The molecule has 2 aromatic rings. The second kappa shape index (κ2) is 6.35. The van der Waals surface area contributed by atoms with Crippen molar-refractivity contribution in [2.24, 2.45) is 0 Å². The minimum atomic E-state index is -3.03. The van der Waals surface area contributed by atoms with Crippen LogP contribution in [0.1, 0.15) is 29.3 Å². The maximum Gasteiger partial charge on any atom is 0.254 e. The van der Waals surface area contributed by atoms with Crippen LogP contribution in [-0.4, -0.2) is 47.9 Å².